The number of benzene rings is 3. The van der Waals surface area contributed by atoms with E-state index in [4.69, 9.17) is 0 Å². The van der Waals surface area contributed by atoms with Gasteiger partial charge < -0.3 is 0 Å². The first-order valence-corrected chi connectivity index (χ1v) is 12.9. The molecule has 0 saturated carbocycles. The van der Waals surface area contributed by atoms with Gasteiger partial charge in [-0.3, -0.25) is 0 Å². The van der Waals surface area contributed by atoms with E-state index in [1.54, 1.807) is 0 Å². The second kappa shape index (κ2) is 9.79. The van der Waals surface area contributed by atoms with Crippen LogP contribution >= 0.6 is 0 Å². The molecule has 1 unspecified atom stereocenters. The van der Waals surface area contributed by atoms with Crippen LogP contribution in [0, 0.1) is 47.5 Å². The van der Waals surface area contributed by atoms with Gasteiger partial charge in [-0.15, -0.1) is 0 Å². The van der Waals surface area contributed by atoms with Crippen LogP contribution < -0.4 is 0 Å². The molecule has 4 rings (SSSR count). The average Bonchev–Trinajstić information content (AvgIpc) is 3.20. The van der Waals surface area contributed by atoms with Gasteiger partial charge in [0.15, 0.2) is 0 Å². The highest BCUT2D eigenvalue weighted by molar-refractivity contribution is 5.58. The van der Waals surface area contributed by atoms with Crippen molar-refractivity contribution in [3.05, 3.63) is 128 Å². The monoisotopic (exact) mass is 448 g/mol. The molecule has 0 radical (unpaired) electrons. The first kappa shape index (κ1) is 24.3. The zero-order valence-corrected chi connectivity index (χ0v) is 22.1. The Labute approximate surface area is 207 Å². The van der Waals surface area contributed by atoms with Crippen LogP contribution in [0.5, 0.6) is 0 Å². The van der Waals surface area contributed by atoms with E-state index in [0.717, 1.165) is 6.42 Å². The molecule has 0 fully saturated rings. The molecule has 1 aliphatic rings. The van der Waals surface area contributed by atoms with Crippen LogP contribution in [0.2, 0.25) is 0 Å². The molecule has 34 heavy (non-hydrogen) atoms. The highest BCUT2D eigenvalue weighted by atomic mass is 14.4. The number of hydrogen-bond donors (Lipinski definition) is 0. The largest absolute Gasteiger partial charge is 0.0758 e. The summed E-state index contributed by atoms with van der Waals surface area (Å²) in [4.78, 5) is 0. The van der Waals surface area contributed by atoms with E-state index in [0.29, 0.717) is 0 Å². The highest BCUT2D eigenvalue weighted by Crippen LogP contribution is 2.50. The van der Waals surface area contributed by atoms with Gasteiger partial charge in [-0.05, 0) is 71.1 Å². The summed E-state index contributed by atoms with van der Waals surface area (Å²) < 4.78 is 0. The van der Waals surface area contributed by atoms with Gasteiger partial charge >= 0.3 is 0 Å². The smallest absolute Gasteiger partial charge is 0.0549 e. The van der Waals surface area contributed by atoms with E-state index in [9.17, 15) is 0 Å². The molecule has 3 aromatic rings. The van der Waals surface area contributed by atoms with Gasteiger partial charge in [0.1, 0.15) is 0 Å². The maximum Gasteiger partial charge on any atom is 0.0549 e. The highest BCUT2D eigenvalue weighted by Gasteiger charge is 2.43. The predicted octanol–water partition coefficient (Wildman–Crippen LogP) is 9.17. The third-order valence-electron chi connectivity index (χ3n) is 7.26. The van der Waals surface area contributed by atoms with Crippen molar-refractivity contribution in [1.29, 1.82) is 0 Å². The van der Waals surface area contributed by atoms with E-state index in [2.05, 4.69) is 121 Å². The summed E-state index contributed by atoms with van der Waals surface area (Å²) in [6, 6.07) is 21.4. The first-order chi connectivity index (χ1) is 16.2. The minimum absolute atomic E-state index is 0.267. The Bertz CT molecular complexity index is 1070. The third kappa shape index (κ3) is 4.69. The number of unbranched alkanes of at least 4 members (excludes halogenated alkanes) is 1. The second-order valence-electron chi connectivity index (χ2n) is 10.7. The van der Waals surface area contributed by atoms with Crippen LogP contribution in [0.25, 0.3) is 0 Å². The van der Waals surface area contributed by atoms with Crippen LogP contribution in [0.4, 0.5) is 0 Å². The zero-order chi connectivity index (χ0) is 24.5. The normalized spacial score (nSPS) is 15.6. The molecular weight excluding hydrogens is 408 g/mol. The van der Waals surface area contributed by atoms with Crippen molar-refractivity contribution < 1.29 is 0 Å². The van der Waals surface area contributed by atoms with Gasteiger partial charge in [0.2, 0.25) is 0 Å². The summed E-state index contributed by atoms with van der Waals surface area (Å²) >= 11 is 0. The van der Waals surface area contributed by atoms with Gasteiger partial charge in [-0.25, -0.2) is 0 Å². The fraction of sp³-hybridized carbons (Fsp3) is 0.353. The van der Waals surface area contributed by atoms with Gasteiger partial charge in [-0.1, -0.05) is 125 Å². The van der Waals surface area contributed by atoms with Crippen molar-refractivity contribution in [2.45, 2.75) is 73.1 Å². The van der Waals surface area contributed by atoms with E-state index < -0.39 is 0 Å². The fourth-order valence-electron chi connectivity index (χ4n) is 6.07. The van der Waals surface area contributed by atoms with Crippen LogP contribution in [0.3, 0.4) is 0 Å². The summed E-state index contributed by atoms with van der Waals surface area (Å²) in [6.45, 7) is 15.7. The first-order valence-electron chi connectivity index (χ1n) is 12.9. The predicted molar refractivity (Wildman–Crippen MR) is 148 cm³/mol. The number of hydrogen-bond acceptors (Lipinski definition) is 0. The van der Waals surface area contributed by atoms with Crippen LogP contribution in [0.15, 0.2) is 78.4 Å². The zero-order valence-electron chi connectivity index (χ0n) is 22.1. The minimum atomic E-state index is -0.283. The van der Waals surface area contributed by atoms with Crippen molar-refractivity contribution in [1.82, 2.24) is 0 Å². The Morgan fingerprint density at radius 3 is 1.32 bits per heavy atom. The molecule has 1 atom stereocenters. The summed E-state index contributed by atoms with van der Waals surface area (Å²) in [5.74, 6) is 0.267. The van der Waals surface area contributed by atoms with E-state index >= 15 is 0 Å². The third-order valence-corrected chi connectivity index (χ3v) is 7.26. The Kier molecular flexibility index (Phi) is 6.99. The quantitative estimate of drug-likeness (QED) is 0.316. The maximum absolute atomic E-state index is 2.56. The van der Waals surface area contributed by atoms with Crippen LogP contribution in [-0.2, 0) is 5.41 Å². The topological polar surface area (TPSA) is 0 Å². The molecular formula is C34H40. The lowest BCUT2D eigenvalue weighted by Gasteiger charge is -2.41. The van der Waals surface area contributed by atoms with Gasteiger partial charge in [0.25, 0.3) is 0 Å². The molecule has 0 amide bonds. The maximum atomic E-state index is 2.56. The van der Waals surface area contributed by atoms with Crippen LogP contribution in [-0.4, -0.2) is 0 Å². The molecule has 3 aromatic carbocycles. The Morgan fingerprint density at radius 2 is 0.971 bits per heavy atom. The molecule has 176 valence electrons. The number of aryl methyl sites for hydroxylation is 6. The van der Waals surface area contributed by atoms with Gasteiger partial charge in [0, 0.05) is 5.92 Å². The summed E-state index contributed by atoms with van der Waals surface area (Å²) in [5, 5.41) is 0. The second-order valence-corrected chi connectivity index (χ2v) is 10.7. The fourth-order valence-corrected chi connectivity index (χ4v) is 6.07. The van der Waals surface area contributed by atoms with Gasteiger partial charge in [0.05, 0.1) is 5.41 Å². The van der Waals surface area contributed by atoms with Crippen LogP contribution in [0.1, 0.15) is 76.3 Å². The standard InChI is InChI=1S/C34H40/c1-8-9-10-29-11-12-30(22-29)34(31-16-23(2)13-24(3)17-31,32-18-25(4)14-26(5)19-32)33-20-27(6)15-28(7)21-33/h11-22,30H,8-10H2,1-7H3. The van der Waals surface area contributed by atoms with Crippen molar-refractivity contribution in [3.63, 3.8) is 0 Å². The molecule has 0 aromatic heterocycles. The molecule has 0 nitrogen and oxygen atoms in total. The molecule has 0 N–H and O–H groups in total. The van der Waals surface area contributed by atoms with E-state index in [-0.39, 0.29) is 11.3 Å². The minimum Gasteiger partial charge on any atom is -0.0758 e. The van der Waals surface area contributed by atoms with Crippen molar-refractivity contribution in [3.8, 4) is 0 Å². The molecule has 0 saturated heterocycles. The Morgan fingerprint density at radius 1 is 0.588 bits per heavy atom. The lowest BCUT2D eigenvalue weighted by atomic mass is 9.61. The van der Waals surface area contributed by atoms with Gasteiger partial charge in [-0.2, -0.15) is 0 Å². The van der Waals surface area contributed by atoms with E-state index in [1.165, 1.54) is 68.5 Å². The molecule has 0 bridgehead atoms. The molecule has 0 heteroatoms. The lowest BCUT2D eigenvalue weighted by molar-refractivity contribution is 0.525. The van der Waals surface area contributed by atoms with E-state index in [1.807, 2.05) is 0 Å². The Balaban J connectivity index is 2.11. The number of rotatable bonds is 7. The van der Waals surface area contributed by atoms with Crippen molar-refractivity contribution >= 4 is 0 Å². The summed E-state index contributed by atoms with van der Waals surface area (Å²) in [6.07, 6.45) is 11.1. The van der Waals surface area contributed by atoms with Crippen molar-refractivity contribution in [2.24, 2.45) is 5.92 Å². The number of allylic oxidation sites excluding steroid dienone is 4. The van der Waals surface area contributed by atoms with Crippen molar-refractivity contribution in [2.75, 3.05) is 0 Å². The molecule has 1 aliphatic carbocycles. The molecule has 0 spiro atoms. The molecule has 0 heterocycles. The SMILES string of the molecule is CCCCC1=CC(C(c2cc(C)cc(C)c2)(c2cc(C)cc(C)c2)c2cc(C)cc(C)c2)C=C1. The summed E-state index contributed by atoms with van der Waals surface area (Å²) in [7, 11) is 0. The average molecular weight is 449 g/mol. The lowest BCUT2D eigenvalue weighted by Crippen LogP contribution is -2.36. The Hall–Kier alpha value is -2.86. The summed E-state index contributed by atoms with van der Waals surface area (Å²) in [5.41, 5.74) is 13.3. The molecule has 0 aliphatic heterocycles.